The molecule has 0 saturated heterocycles. The topological polar surface area (TPSA) is 74.6 Å². The summed E-state index contributed by atoms with van der Waals surface area (Å²) in [5.74, 6) is -2.09. The van der Waals surface area contributed by atoms with Gasteiger partial charge in [-0.25, -0.2) is 9.59 Å². The van der Waals surface area contributed by atoms with Crippen molar-refractivity contribution in [2.75, 3.05) is 0 Å². The van der Waals surface area contributed by atoms with Gasteiger partial charge < -0.3 is 10.2 Å². The lowest BCUT2D eigenvalue weighted by Crippen LogP contribution is -2.12. The summed E-state index contributed by atoms with van der Waals surface area (Å²) in [6.45, 7) is 4.52. The minimum atomic E-state index is -1.04. The molecule has 0 fully saturated rings. The Morgan fingerprint density at radius 2 is 0.500 bits per heavy atom. The number of carbonyl (C=O) groups is 2. The summed E-state index contributed by atoms with van der Waals surface area (Å²) in [7, 11) is 0. The van der Waals surface area contributed by atoms with E-state index >= 15 is 0 Å². The van der Waals surface area contributed by atoms with Crippen LogP contribution in [0.1, 0.15) is 206 Å². The summed E-state index contributed by atoms with van der Waals surface area (Å²) in [6.07, 6.45) is 35.9. The van der Waals surface area contributed by atoms with Gasteiger partial charge in [-0.3, -0.25) is 0 Å². The Kier molecular flexibility index (Phi) is 29.6. The second-order valence-corrected chi connectivity index (χ2v) is 12.3. The second kappa shape index (κ2) is 30.6. The number of carboxylic acids is 2. The van der Waals surface area contributed by atoms with Gasteiger partial charge in [-0.1, -0.05) is 181 Å². The van der Waals surface area contributed by atoms with Gasteiger partial charge in [0, 0.05) is 11.1 Å². The van der Waals surface area contributed by atoms with Crippen molar-refractivity contribution >= 4 is 11.9 Å². The Morgan fingerprint density at radius 1 is 0.325 bits per heavy atom. The number of hydrogen-bond acceptors (Lipinski definition) is 2. The summed E-state index contributed by atoms with van der Waals surface area (Å²) in [6, 6.07) is 0. The average Bonchev–Trinajstić information content (AvgIpc) is 2.93. The standard InChI is InChI=1S/C36H68O4/c1-3-5-7-9-11-13-15-17-19-21-23-25-27-29-31-33(35(37)38)34(36(39)40)32-30-28-26-24-22-20-18-16-14-12-10-8-6-4-2/h3-32H2,1-2H3,(H,37,38)(H,39,40)/b34-33-. The Labute approximate surface area is 249 Å². The van der Waals surface area contributed by atoms with E-state index in [-0.39, 0.29) is 11.1 Å². The van der Waals surface area contributed by atoms with E-state index in [4.69, 9.17) is 0 Å². The van der Waals surface area contributed by atoms with Crippen LogP contribution >= 0.6 is 0 Å². The highest BCUT2D eigenvalue weighted by Crippen LogP contribution is 2.22. The zero-order chi connectivity index (χ0) is 29.5. The molecule has 4 heteroatoms. The van der Waals surface area contributed by atoms with Crippen molar-refractivity contribution in [1.82, 2.24) is 0 Å². The van der Waals surface area contributed by atoms with Crippen LogP contribution in [0.5, 0.6) is 0 Å². The summed E-state index contributed by atoms with van der Waals surface area (Å²) >= 11 is 0. The minimum absolute atomic E-state index is 0.140. The van der Waals surface area contributed by atoms with Gasteiger partial charge in [-0.2, -0.15) is 0 Å². The summed E-state index contributed by atoms with van der Waals surface area (Å²) in [5.41, 5.74) is 0.280. The third kappa shape index (κ3) is 25.6. The van der Waals surface area contributed by atoms with Crippen molar-refractivity contribution in [2.45, 2.75) is 206 Å². The van der Waals surface area contributed by atoms with Gasteiger partial charge in [-0.15, -0.1) is 0 Å². The molecular formula is C36H68O4. The maximum absolute atomic E-state index is 11.8. The molecule has 0 saturated carbocycles. The smallest absolute Gasteiger partial charge is 0.332 e. The molecule has 0 aromatic heterocycles. The van der Waals surface area contributed by atoms with Gasteiger partial charge in [0.15, 0.2) is 0 Å². The van der Waals surface area contributed by atoms with Gasteiger partial charge in [0.2, 0.25) is 0 Å². The molecule has 0 aliphatic carbocycles. The molecule has 0 bridgehead atoms. The first-order valence-electron chi connectivity index (χ1n) is 17.7. The van der Waals surface area contributed by atoms with Crippen LogP contribution in [0.25, 0.3) is 0 Å². The van der Waals surface area contributed by atoms with Crippen LogP contribution in [0.4, 0.5) is 0 Å². The van der Waals surface area contributed by atoms with E-state index < -0.39 is 11.9 Å². The fourth-order valence-electron chi connectivity index (χ4n) is 5.77. The Morgan fingerprint density at radius 3 is 0.675 bits per heavy atom. The molecule has 0 aromatic carbocycles. The van der Waals surface area contributed by atoms with Crippen LogP contribution in [-0.4, -0.2) is 22.2 Å². The molecule has 0 unspecified atom stereocenters. The highest BCUT2D eigenvalue weighted by atomic mass is 16.4. The Bertz CT molecular complexity index is 558. The van der Waals surface area contributed by atoms with Crippen LogP contribution < -0.4 is 0 Å². The van der Waals surface area contributed by atoms with E-state index in [2.05, 4.69) is 13.8 Å². The van der Waals surface area contributed by atoms with Gasteiger partial charge in [-0.05, 0) is 25.7 Å². The third-order valence-electron chi connectivity index (χ3n) is 8.44. The van der Waals surface area contributed by atoms with Crippen molar-refractivity contribution in [3.63, 3.8) is 0 Å². The van der Waals surface area contributed by atoms with E-state index in [9.17, 15) is 19.8 Å². The van der Waals surface area contributed by atoms with E-state index in [1.165, 1.54) is 141 Å². The number of unbranched alkanes of at least 4 members (excludes halogenated alkanes) is 26. The number of hydrogen-bond donors (Lipinski definition) is 2. The molecule has 0 rings (SSSR count). The first-order valence-corrected chi connectivity index (χ1v) is 17.7. The van der Waals surface area contributed by atoms with E-state index in [0.29, 0.717) is 12.8 Å². The van der Waals surface area contributed by atoms with Crippen LogP contribution in [-0.2, 0) is 9.59 Å². The van der Waals surface area contributed by atoms with Gasteiger partial charge in [0.1, 0.15) is 0 Å². The molecule has 0 aliphatic rings. The molecule has 4 nitrogen and oxygen atoms in total. The molecule has 0 amide bonds. The molecule has 0 atom stereocenters. The normalized spacial score (nSPS) is 12.1. The van der Waals surface area contributed by atoms with Crippen molar-refractivity contribution < 1.29 is 19.8 Å². The molecule has 0 spiro atoms. The average molecular weight is 565 g/mol. The fourth-order valence-corrected chi connectivity index (χ4v) is 5.77. The largest absolute Gasteiger partial charge is 0.478 e. The van der Waals surface area contributed by atoms with E-state index in [1.807, 2.05) is 0 Å². The lowest BCUT2D eigenvalue weighted by molar-refractivity contribution is -0.136. The van der Waals surface area contributed by atoms with Crippen LogP contribution in [0.2, 0.25) is 0 Å². The minimum Gasteiger partial charge on any atom is -0.478 e. The van der Waals surface area contributed by atoms with E-state index in [1.54, 1.807) is 0 Å². The molecular weight excluding hydrogens is 496 g/mol. The molecule has 0 aliphatic heterocycles. The molecule has 0 heterocycles. The van der Waals surface area contributed by atoms with Crippen molar-refractivity contribution in [3.8, 4) is 0 Å². The molecule has 40 heavy (non-hydrogen) atoms. The molecule has 0 aromatic rings. The lowest BCUT2D eigenvalue weighted by atomic mass is 9.96. The van der Waals surface area contributed by atoms with Crippen molar-refractivity contribution in [2.24, 2.45) is 0 Å². The molecule has 236 valence electrons. The highest BCUT2D eigenvalue weighted by molar-refractivity contribution is 5.98. The summed E-state index contributed by atoms with van der Waals surface area (Å²) in [5, 5.41) is 19.4. The lowest BCUT2D eigenvalue weighted by Gasteiger charge is -2.10. The predicted octanol–water partition coefficient (Wildman–Crippen LogP) is 12.2. The third-order valence-corrected chi connectivity index (χ3v) is 8.44. The first kappa shape index (κ1) is 38.7. The fraction of sp³-hybridized carbons (Fsp3) is 0.889. The van der Waals surface area contributed by atoms with Gasteiger partial charge >= 0.3 is 11.9 Å². The number of rotatable bonds is 32. The van der Waals surface area contributed by atoms with Crippen LogP contribution in [0.15, 0.2) is 11.1 Å². The Hall–Kier alpha value is -1.32. The van der Waals surface area contributed by atoms with Gasteiger partial charge in [0.05, 0.1) is 0 Å². The maximum atomic E-state index is 11.8. The summed E-state index contributed by atoms with van der Waals surface area (Å²) < 4.78 is 0. The van der Waals surface area contributed by atoms with E-state index in [0.717, 1.165) is 38.5 Å². The monoisotopic (exact) mass is 565 g/mol. The molecule has 0 radical (unpaired) electrons. The first-order chi connectivity index (χ1) is 19.5. The SMILES string of the molecule is CCCCCCCCCCCCCCCC/C(C(=O)O)=C(\CCCCCCCCCCCCCCCC)C(=O)O. The predicted molar refractivity (Wildman–Crippen MR) is 172 cm³/mol. The quantitative estimate of drug-likeness (QED) is 0.0629. The number of aliphatic carboxylic acids is 2. The highest BCUT2D eigenvalue weighted by Gasteiger charge is 2.19. The maximum Gasteiger partial charge on any atom is 0.332 e. The van der Waals surface area contributed by atoms with Crippen LogP contribution in [0, 0.1) is 0 Å². The van der Waals surface area contributed by atoms with Crippen molar-refractivity contribution in [1.29, 1.82) is 0 Å². The zero-order valence-corrected chi connectivity index (χ0v) is 26.9. The van der Waals surface area contributed by atoms with Crippen LogP contribution in [0.3, 0.4) is 0 Å². The molecule has 2 N–H and O–H groups in total. The summed E-state index contributed by atoms with van der Waals surface area (Å²) in [4.78, 5) is 23.7. The zero-order valence-electron chi connectivity index (χ0n) is 26.9. The second-order valence-electron chi connectivity index (χ2n) is 12.3. The van der Waals surface area contributed by atoms with Crippen molar-refractivity contribution in [3.05, 3.63) is 11.1 Å². The Balaban J connectivity index is 3.91. The number of carboxylic acid groups (broad SMARTS) is 2. The van der Waals surface area contributed by atoms with Gasteiger partial charge in [0.25, 0.3) is 0 Å².